The highest BCUT2D eigenvalue weighted by atomic mass is 16.5. The molecule has 178 valence electrons. The Bertz CT molecular complexity index is 764. The van der Waals surface area contributed by atoms with Gasteiger partial charge in [0, 0.05) is 19.3 Å². The van der Waals surface area contributed by atoms with Crippen molar-refractivity contribution in [3.8, 4) is 5.75 Å². The van der Waals surface area contributed by atoms with Crippen LogP contribution >= 0.6 is 0 Å². The second kappa shape index (κ2) is 14.1. The molecule has 0 heterocycles. The number of unbranched alkanes of at least 4 members (excludes halogenated alkanes) is 1. The fraction of sp³-hybridized carbons (Fsp3) is 0.565. The molecule has 0 bridgehead atoms. The number of ether oxygens (including phenoxy) is 2. The number of nitrogens with two attached hydrogens (primary N) is 1. The minimum Gasteiger partial charge on any atom is -0.497 e. The van der Waals surface area contributed by atoms with E-state index in [1.54, 1.807) is 31.4 Å². The first-order chi connectivity index (χ1) is 15.2. The van der Waals surface area contributed by atoms with E-state index in [0.717, 1.165) is 5.56 Å². The van der Waals surface area contributed by atoms with Gasteiger partial charge in [0.05, 0.1) is 14.2 Å². The molecule has 0 aliphatic heterocycles. The summed E-state index contributed by atoms with van der Waals surface area (Å²) in [4.78, 5) is 48.3. The minimum absolute atomic E-state index is 0.150. The van der Waals surface area contributed by atoms with Gasteiger partial charge in [-0.15, -0.1) is 0 Å². The number of amides is 3. The zero-order chi connectivity index (χ0) is 24.1. The zero-order valence-corrected chi connectivity index (χ0v) is 19.3. The SMILES string of the molecule is COC(=O)CCCCC(=O)N[C@@H](Cc1ccc(OC)cc1)C(=O)N[C@@H](CC(C)C)C(N)=O. The lowest BCUT2D eigenvalue weighted by molar-refractivity contribution is -0.140. The molecular formula is C23H35N3O6. The highest BCUT2D eigenvalue weighted by molar-refractivity contribution is 5.91. The maximum absolute atomic E-state index is 12.9. The van der Waals surface area contributed by atoms with Crippen LogP contribution in [0.4, 0.5) is 0 Å². The van der Waals surface area contributed by atoms with E-state index < -0.39 is 23.9 Å². The Morgan fingerprint density at radius 3 is 2.09 bits per heavy atom. The maximum Gasteiger partial charge on any atom is 0.305 e. The van der Waals surface area contributed by atoms with Crippen LogP contribution in [-0.4, -0.2) is 50.0 Å². The Hall–Kier alpha value is -3.10. The van der Waals surface area contributed by atoms with E-state index >= 15 is 0 Å². The van der Waals surface area contributed by atoms with E-state index in [4.69, 9.17) is 10.5 Å². The fourth-order valence-electron chi connectivity index (χ4n) is 3.12. The molecule has 2 atom stereocenters. The predicted molar refractivity (Wildman–Crippen MR) is 120 cm³/mol. The van der Waals surface area contributed by atoms with Crippen LogP contribution in [0, 0.1) is 5.92 Å². The third kappa shape index (κ3) is 10.3. The first kappa shape index (κ1) is 26.9. The number of benzene rings is 1. The van der Waals surface area contributed by atoms with Crippen LogP contribution in [0.1, 0.15) is 51.5 Å². The van der Waals surface area contributed by atoms with Crippen LogP contribution in [-0.2, 0) is 30.3 Å². The van der Waals surface area contributed by atoms with Crippen molar-refractivity contribution in [1.29, 1.82) is 0 Å². The van der Waals surface area contributed by atoms with E-state index in [1.165, 1.54) is 7.11 Å². The highest BCUT2D eigenvalue weighted by Gasteiger charge is 2.26. The van der Waals surface area contributed by atoms with Gasteiger partial charge in [0.1, 0.15) is 17.8 Å². The lowest BCUT2D eigenvalue weighted by Gasteiger charge is -2.23. The molecule has 0 aliphatic rings. The van der Waals surface area contributed by atoms with Gasteiger partial charge in [-0.25, -0.2) is 0 Å². The van der Waals surface area contributed by atoms with Crippen LogP contribution in [0.2, 0.25) is 0 Å². The molecule has 3 amide bonds. The minimum atomic E-state index is -0.884. The molecule has 32 heavy (non-hydrogen) atoms. The van der Waals surface area contributed by atoms with Crippen molar-refractivity contribution in [3.63, 3.8) is 0 Å². The molecule has 0 spiro atoms. The summed E-state index contributed by atoms with van der Waals surface area (Å²) in [6.07, 6.45) is 2.01. The average molecular weight is 450 g/mol. The standard InChI is InChI=1S/C23H35N3O6/c1-15(2)13-18(22(24)29)26-23(30)19(14-16-9-11-17(31-3)12-10-16)25-20(27)7-5-6-8-21(28)32-4/h9-12,15,18-19H,5-8,13-14H2,1-4H3,(H2,24,29)(H,25,27)(H,26,30)/t18-,19-/m0/s1. The van der Waals surface area contributed by atoms with E-state index in [2.05, 4.69) is 15.4 Å². The average Bonchev–Trinajstić information content (AvgIpc) is 2.75. The van der Waals surface area contributed by atoms with E-state index in [-0.39, 0.29) is 37.1 Å². The lowest BCUT2D eigenvalue weighted by atomic mass is 10.0. The van der Waals surface area contributed by atoms with Crippen molar-refractivity contribution in [1.82, 2.24) is 10.6 Å². The highest BCUT2D eigenvalue weighted by Crippen LogP contribution is 2.14. The first-order valence-electron chi connectivity index (χ1n) is 10.7. The summed E-state index contributed by atoms with van der Waals surface area (Å²) in [5.41, 5.74) is 6.26. The monoisotopic (exact) mass is 449 g/mol. The lowest BCUT2D eigenvalue weighted by Crippen LogP contribution is -2.54. The smallest absolute Gasteiger partial charge is 0.305 e. The maximum atomic E-state index is 12.9. The molecule has 0 aromatic heterocycles. The molecular weight excluding hydrogens is 414 g/mol. The van der Waals surface area contributed by atoms with Crippen molar-refractivity contribution in [2.75, 3.05) is 14.2 Å². The Morgan fingerprint density at radius 1 is 0.938 bits per heavy atom. The Morgan fingerprint density at radius 2 is 1.56 bits per heavy atom. The summed E-state index contributed by atoms with van der Waals surface area (Å²) in [6, 6.07) is 5.44. The summed E-state index contributed by atoms with van der Waals surface area (Å²) in [7, 11) is 2.88. The molecule has 1 aromatic carbocycles. The van der Waals surface area contributed by atoms with E-state index in [0.29, 0.717) is 25.0 Å². The van der Waals surface area contributed by atoms with E-state index in [1.807, 2.05) is 13.8 Å². The van der Waals surface area contributed by atoms with Crippen molar-refractivity contribution >= 4 is 23.7 Å². The Kier molecular flexibility index (Phi) is 11.8. The van der Waals surface area contributed by atoms with Crippen LogP contribution in [0.25, 0.3) is 0 Å². The molecule has 4 N–H and O–H groups in total. The van der Waals surface area contributed by atoms with Crippen molar-refractivity contribution < 1.29 is 28.7 Å². The van der Waals surface area contributed by atoms with Gasteiger partial charge < -0.3 is 25.8 Å². The molecule has 0 saturated heterocycles. The number of nitrogens with one attached hydrogen (secondary N) is 2. The normalized spacial score (nSPS) is 12.5. The number of carbonyl (C=O) groups excluding carboxylic acids is 4. The van der Waals surface area contributed by atoms with Gasteiger partial charge >= 0.3 is 5.97 Å². The van der Waals surface area contributed by atoms with E-state index in [9.17, 15) is 19.2 Å². The van der Waals surface area contributed by atoms with Crippen LogP contribution < -0.4 is 21.1 Å². The van der Waals surface area contributed by atoms with Crippen molar-refractivity contribution in [2.45, 2.75) is 64.5 Å². The van der Waals surface area contributed by atoms with Crippen LogP contribution in [0.3, 0.4) is 0 Å². The zero-order valence-electron chi connectivity index (χ0n) is 19.3. The summed E-state index contributed by atoms with van der Waals surface area (Å²) < 4.78 is 9.73. The van der Waals surface area contributed by atoms with Gasteiger partial charge in [0.25, 0.3) is 0 Å². The molecule has 0 fully saturated rings. The Labute approximate surface area is 189 Å². The molecule has 0 saturated carbocycles. The number of hydrogen-bond donors (Lipinski definition) is 3. The van der Waals surface area contributed by atoms with Gasteiger partial charge in [-0.3, -0.25) is 19.2 Å². The second-order valence-corrected chi connectivity index (χ2v) is 8.05. The van der Waals surface area contributed by atoms with Crippen molar-refractivity contribution in [3.05, 3.63) is 29.8 Å². The number of carbonyl (C=O) groups is 4. The second-order valence-electron chi connectivity index (χ2n) is 8.05. The third-order valence-corrected chi connectivity index (χ3v) is 4.88. The van der Waals surface area contributed by atoms with Gasteiger partial charge in [-0.1, -0.05) is 26.0 Å². The predicted octanol–water partition coefficient (Wildman–Crippen LogP) is 1.47. The molecule has 9 nitrogen and oxygen atoms in total. The molecule has 1 rings (SSSR count). The molecule has 1 aromatic rings. The fourth-order valence-corrected chi connectivity index (χ4v) is 3.12. The van der Waals surface area contributed by atoms with Crippen LogP contribution in [0.15, 0.2) is 24.3 Å². The molecule has 0 unspecified atom stereocenters. The number of hydrogen-bond acceptors (Lipinski definition) is 6. The van der Waals surface area contributed by atoms with Gasteiger partial charge in [-0.05, 0) is 42.9 Å². The topological polar surface area (TPSA) is 137 Å². The third-order valence-electron chi connectivity index (χ3n) is 4.88. The number of methoxy groups -OCH3 is 2. The summed E-state index contributed by atoms with van der Waals surface area (Å²) in [6.45, 7) is 3.85. The summed E-state index contributed by atoms with van der Waals surface area (Å²) in [5, 5.41) is 5.41. The quantitative estimate of drug-likeness (QED) is 0.291. The molecule has 9 heteroatoms. The largest absolute Gasteiger partial charge is 0.497 e. The molecule has 0 radical (unpaired) electrons. The van der Waals surface area contributed by atoms with Gasteiger partial charge in [0.15, 0.2) is 0 Å². The summed E-state index contributed by atoms with van der Waals surface area (Å²) >= 11 is 0. The summed E-state index contributed by atoms with van der Waals surface area (Å²) in [5.74, 6) is -0.919. The Balaban J connectivity index is 2.84. The van der Waals surface area contributed by atoms with Gasteiger partial charge in [0.2, 0.25) is 17.7 Å². The van der Waals surface area contributed by atoms with Crippen molar-refractivity contribution in [2.24, 2.45) is 11.7 Å². The van der Waals surface area contributed by atoms with Gasteiger partial charge in [-0.2, -0.15) is 0 Å². The van der Waals surface area contributed by atoms with Crippen LogP contribution in [0.5, 0.6) is 5.75 Å². The molecule has 0 aliphatic carbocycles. The number of primary amides is 1. The number of rotatable bonds is 14. The number of esters is 1. The first-order valence-corrected chi connectivity index (χ1v) is 10.7.